The maximum absolute atomic E-state index is 10.5. The molecular weight excluding hydrogens is 290 g/mol. The van der Waals surface area contributed by atoms with E-state index >= 15 is 0 Å². The van der Waals surface area contributed by atoms with Gasteiger partial charge in [0.1, 0.15) is 6.61 Å². The summed E-state index contributed by atoms with van der Waals surface area (Å²) in [5.74, 6) is 0.596. The molecular formula is C19H33NO3. The number of carbonyl (C=O) groups is 1. The quantitative estimate of drug-likeness (QED) is 0.362. The fourth-order valence-corrected chi connectivity index (χ4v) is 4.02. The first-order valence-corrected chi connectivity index (χ1v) is 9.69. The van der Waals surface area contributed by atoms with Crippen LogP contribution in [0.25, 0.3) is 0 Å². The molecule has 2 fully saturated rings. The lowest BCUT2D eigenvalue weighted by atomic mass is 9.76. The number of unbranched alkanes of at least 4 members (excludes halogenated alkanes) is 2. The molecule has 0 aromatic rings. The number of nitrogens with zero attached hydrogens (tertiary/aromatic N) is 1. The Morgan fingerprint density at radius 2 is 1.43 bits per heavy atom. The summed E-state index contributed by atoms with van der Waals surface area (Å²) >= 11 is 0. The van der Waals surface area contributed by atoms with Crippen LogP contribution in [-0.2, 0) is 9.63 Å². The molecule has 0 saturated heterocycles. The minimum Gasteiger partial charge on any atom is -0.481 e. The third-order valence-electron chi connectivity index (χ3n) is 5.34. The first-order valence-electron chi connectivity index (χ1n) is 9.69. The lowest BCUT2D eigenvalue weighted by molar-refractivity contribution is -0.137. The van der Waals surface area contributed by atoms with Gasteiger partial charge in [0.25, 0.3) is 0 Å². The number of carboxylic acids is 1. The maximum atomic E-state index is 10.5. The highest BCUT2D eigenvalue weighted by Crippen LogP contribution is 2.33. The van der Waals surface area contributed by atoms with Crippen molar-refractivity contribution in [2.24, 2.45) is 17.0 Å². The number of carboxylic acid groups (broad SMARTS) is 1. The van der Waals surface area contributed by atoms with Crippen LogP contribution >= 0.6 is 0 Å². The van der Waals surface area contributed by atoms with E-state index in [2.05, 4.69) is 5.16 Å². The molecule has 0 aromatic carbocycles. The molecule has 0 aromatic heterocycles. The second kappa shape index (κ2) is 10.7. The highest BCUT2D eigenvalue weighted by atomic mass is 16.6. The van der Waals surface area contributed by atoms with Crippen LogP contribution in [0.15, 0.2) is 5.16 Å². The van der Waals surface area contributed by atoms with Crippen molar-refractivity contribution >= 4 is 11.7 Å². The number of hydrogen-bond acceptors (Lipinski definition) is 3. The summed E-state index contributed by atoms with van der Waals surface area (Å²) in [5.41, 5.74) is 1.36. The van der Waals surface area contributed by atoms with Gasteiger partial charge in [-0.2, -0.15) is 0 Å². The van der Waals surface area contributed by atoms with Gasteiger partial charge in [-0.15, -0.1) is 0 Å². The molecule has 132 valence electrons. The summed E-state index contributed by atoms with van der Waals surface area (Å²) in [4.78, 5) is 16.1. The Kier molecular flexibility index (Phi) is 8.48. The normalized spacial score (nSPS) is 20.2. The summed E-state index contributed by atoms with van der Waals surface area (Å²) < 4.78 is 0. The van der Waals surface area contributed by atoms with Crippen LogP contribution in [0.4, 0.5) is 0 Å². The summed E-state index contributed by atoms with van der Waals surface area (Å²) in [6, 6.07) is 0. The Labute approximate surface area is 140 Å². The number of oxime groups is 1. The standard InChI is InChI=1S/C19H33NO3/c21-18(22)14-8-3-9-15-23-20-19(16-10-4-1-5-11-16)17-12-6-2-7-13-17/h16-17H,1-15H2,(H,21,22). The van der Waals surface area contributed by atoms with Gasteiger partial charge in [-0.25, -0.2) is 0 Å². The van der Waals surface area contributed by atoms with Gasteiger partial charge in [-0.1, -0.05) is 43.7 Å². The molecule has 0 unspecified atom stereocenters. The van der Waals surface area contributed by atoms with Crippen molar-refractivity contribution in [2.75, 3.05) is 6.61 Å². The molecule has 4 nitrogen and oxygen atoms in total. The highest BCUT2D eigenvalue weighted by molar-refractivity contribution is 5.88. The number of rotatable bonds is 9. The predicted octanol–water partition coefficient (Wildman–Crippen LogP) is 5.16. The van der Waals surface area contributed by atoms with Crippen molar-refractivity contribution in [3.63, 3.8) is 0 Å². The zero-order chi connectivity index (χ0) is 16.3. The summed E-state index contributed by atoms with van der Waals surface area (Å²) in [5, 5.41) is 13.2. The molecule has 2 rings (SSSR count). The van der Waals surface area contributed by atoms with Gasteiger partial charge in [0.05, 0.1) is 5.71 Å². The Morgan fingerprint density at radius 3 is 1.96 bits per heavy atom. The molecule has 2 aliphatic carbocycles. The summed E-state index contributed by atoms with van der Waals surface area (Å²) in [6.45, 7) is 0.628. The monoisotopic (exact) mass is 323 g/mol. The van der Waals surface area contributed by atoms with Crippen LogP contribution in [0, 0.1) is 11.8 Å². The largest absolute Gasteiger partial charge is 0.481 e. The van der Waals surface area contributed by atoms with Crippen LogP contribution in [0.3, 0.4) is 0 Å². The van der Waals surface area contributed by atoms with Crippen molar-refractivity contribution in [3.05, 3.63) is 0 Å². The van der Waals surface area contributed by atoms with Crippen molar-refractivity contribution in [1.82, 2.24) is 0 Å². The fraction of sp³-hybridized carbons (Fsp3) is 0.895. The summed E-state index contributed by atoms with van der Waals surface area (Å²) in [7, 11) is 0. The molecule has 0 bridgehead atoms. The molecule has 0 spiro atoms. The van der Waals surface area contributed by atoms with E-state index in [9.17, 15) is 4.79 Å². The lowest BCUT2D eigenvalue weighted by Gasteiger charge is -2.30. The van der Waals surface area contributed by atoms with Gasteiger partial charge < -0.3 is 9.94 Å². The van der Waals surface area contributed by atoms with Crippen molar-refractivity contribution in [3.8, 4) is 0 Å². The first kappa shape index (κ1) is 18.3. The minimum absolute atomic E-state index is 0.263. The van der Waals surface area contributed by atoms with Gasteiger partial charge in [-0.3, -0.25) is 4.79 Å². The molecule has 0 radical (unpaired) electrons. The lowest BCUT2D eigenvalue weighted by Crippen LogP contribution is -2.27. The van der Waals surface area contributed by atoms with Crippen LogP contribution in [-0.4, -0.2) is 23.4 Å². The SMILES string of the molecule is O=C(O)CCCCCON=C(C1CCCCC1)C1CCCCC1. The van der Waals surface area contributed by atoms with E-state index in [0.717, 1.165) is 19.3 Å². The van der Waals surface area contributed by atoms with Crippen molar-refractivity contribution in [1.29, 1.82) is 0 Å². The van der Waals surface area contributed by atoms with Crippen LogP contribution in [0.2, 0.25) is 0 Å². The molecule has 0 amide bonds. The van der Waals surface area contributed by atoms with Crippen LogP contribution < -0.4 is 0 Å². The zero-order valence-corrected chi connectivity index (χ0v) is 14.5. The molecule has 4 heteroatoms. The molecule has 2 saturated carbocycles. The van der Waals surface area contributed by atoms with E-state index < -0.39 is 5.97 Å². The van der Waals surface area contributed by atoms with E-state index in [0.29, 0.717) is 18.4 Å². The maximum Gasteiger partial charge on any atom is 0.303 e. The first-order chi connectivity index (χ1) is 11.3. The van der Waals surface area contributed by atoms with E-state index in [4.69, 9.17) is 9.94 Å². The Hall–Kier alpha value is -1.06. The second-order valence-corrected chi connectivity index (χ2v) is 7.22. The Morgan fingerprint density at radius 1 is 0.870 bits per heavy atom. The van der Waals surface area contributed by atoms with Crippen LogP contribution in [0.5, 0.6) is 0 Å². The molecule has 1 N–H and O–H groups in total. The van der Waals surface area contributed by atoms with Gasteiger partial charge in [0.15, 0.2) is 0 Å². The van der Waals surface area contributed by atoms with Crippen molar-refractivity contribution in [2.45, 2.75) is 89.9 Å². The highest BCUT2D eigenvalue weighted by Gasteiger charge is 2.28. The van der Waals surface area contributed by atoms with Gasteiger partial charge in [0.2, 0.25) is 0 Å². The topological polar surface area (TPSA) is 58.9 Å². The van der Waals surface area contributed by atoms with E-state index in [1.54, 1.807) is 0 Å². The third-order valence-corrected chi connectivity index (χ3v) is 5.34. The molecule has 23 heavy (non-hydrogen) atoms. The molecule has 2 aliphatic rings. The van der Waals surface area contributed by atoms with Crippen molar-refractivity contribution < 1.29 is 14.7 Å². The number of aliphatic carboxylic acids is 1. The molecule has 0 atom stereocenters. The molecule has 0 aliphatic heterocycles. The smallest absolute Gasteiger partial charge is 0.303 e. The minimum atomic E-state index is -0.708. The summed E-state index contributed by atoms with van der Waals surface area (Å²) in [6.07, 6.45) is 16.1. The Bertz CT molecular complexity index is 349. The average Bonchev–Trinajstić information content (AvgIpc) is 2.59. The third kappa shape index (κ3) is 6.92. The average molecular weight is 323 g/mol. The van der Waals surface area contributed by atoms with E-state index in [1.165, 1.54) is 69.9 Å². The van der Waals surface area contributed by atoms with E-state index in [1.807, 2.05) is 0 Å². The van der Waals surface area contributed by atoms with Crippen LogP contribution in [0.1, 0.15) is 89.9 Å². The van der Waals surface area contributed by atoms with Gasteiger partial charge in [-0.05, 0) is 44.9 Å². The number of hydrogen-bond donors (Lipinski definition) is 1. The fourth-order valence-electron chi connectivity index (χ4n) is 4.02. The van der Waals surface area contributed by atoms with E-state index in [-0.39, 0.29) is 6.42 Å². The molecule has 0 heterocycles. The zero-order valence-electron chi connectivity index (χ0n) is 14.5. The van der Waals surface area contributed by atoms with Gasteiger partial charge in [0, 0.05) is 18.3 Å². The predicted molar refractivity (Wildman–Crippen MR) is 92.6 cm³/mol. The Balaban J connectivity index is 1.77. The van der Waals surface area contributed by atoms with Gasteiger partial charge >= 0.3 is 5.97 Å². The second-order valence-electron chi connectivity index (χ2n) is 7.22.